The van der Waals surface area contributed by atoms with E-state index in [4.69, 9.17) is 0 Å². The number of likely N-dealkylation sites (tertiary alicyclic amines) is 1. The predicted octanol–water partition coefficient (Wildman–Crippen LogP) is -0.230. The summed E-state index contributed by atoms with van der Waals surface area (Å²) in [5.41, 5.74) is 0.0317. The van der Waals surface area contributed by atoms with E-state index in [1.165, 1.54) is 36.9 Å². The molecule has 8 heteroatoms. The van der Waals surface area contributed by atoms with Crippen LogP contribution >= 0.6 is 11.8 Å². The van der Waals surface area contributed by atoms with Gasteiger partial charge in [-0.05, 0) is 19.3 Å². The van der Waals surface area contributed by atoms with Crippen LogP contribution in [0, 0.1) is 0 Å². The number of hydrogen-bond acceptors (Lipinski definition) is 4. The van der Waals surface area contributed by atoms with Gasteiger partial charge in [-0.1, -0.05) is 17.8 Å². The van der Waals surface area contributed by atoms with Gasteiger partial charge in [0.1, 0.15) is 0 Å². The maximum Gasteiger partial charge on any atom is 0.329 e. The smallest absolute Gasteiger partial charge is 0.329 e. The van der Waals surface area contributed by atoms with Crippen molar-refractivity contribution < 1.29 is 4.90 Å². The van der Waals surface area contributed by atoms with Crippen LogP contribution in [0.4, 0.5) is 0 Å². The predicted molar refractivity (Wildman–Crippen MR) is 95.9 cm³/mol. The van der Waals surface area contributed by atoms with Crippen molar-refractivity contribution in [1.82, 2.24) is 19.1 Å². The van der Waals surface area contributed by atoms with Crippen molar-refractivity contribution in [1.29, 1.82) is 0 Å². The Bertz CT molecular complexity index is 844. The summed E-state index contributed by atoms with van der Waals surface area (Å²) in [7, 11) is 1.62. The molecule has 3 rings (SSSR count). The van der Waals surface area contributed by atoms with Crippen molar-refractivity contribution in [3.63, 3.8) is 0 Å². The van der Waals surface area contributed by atoms with Gasteiger partial charge in [-0.15, -0.1) is 6.58 Å². The summed E-state index contributed by atoms with van der Waals surface area (Å²) < 4.78 is 3.23. The van der Waals surface area contributed by atoms with Crippen molar-refractivity contribution in [3.8, 4) is 0 Å². The number of piperidine rings is 1. The second-order valence-electron chi connectivity index (χ2n) is 6.19. The van der Waals surface area contributed by atoms with Crippen molar-refractivity contribution in [3.05, 3.63) is 33.5 Å². The molecule has 2 aromatic rings. The number of quaternary nitrogens is 1. The van der Waals surface area contributed by atoms with Crippen LogP contribution in [0.15, 0.2) is 27.4 Å². The highest BCUT2D eigenvalue weighted by Crippen LogP contribution is 2.20. The summed E-state index contributed by atoms with van der Waals surface area (Å²) >= 11 is 1.64. The van der Waals surface area contributed by atoms with Crippen LogP contribution in [0.2, 0.25) is 0 Å². The zero-order valence-electron chi connectivity index (χ0n) is 14.0. The number of thioether (sulfide) groups is 1. The summed E-state index contributed by atoms with van der Waals surface area (Å²) in [5.74, 6) is 0.946. The molecule has 1 aliphatic rings. The Kier molecular flexibility index (Phi) is 5.25. The summed E-state index contributed by atoms with van der Waals surface area (Å²) in [6.45, 7) is 7.85. The first kappa shape index (κ1) is 17.0. The minimum Gasteiger partial charge on any atom is -0.334 e. The molecule has 0 aliphatic carbocycles. The number of aromatic amines is 1. The lowest BCUT2D eigenvalue weighted by atomic mass is 10.1. The van der Waals surface area contributed by atoms with Crippen molar-refractivity contribution in [2.45, 2.75) is 31.0 Å². The van der Waals surface area contributed by atoms with Crippen LogP contribution in [0.25, 0.3) is 11.2 Å². The normalized spacial score (nSPS) is 15.9. The standard InChI is InChI=1S/C16H23N5O2S/c1-3-7-21-12-13(19(2)15(23)18-14(12)22)17-16(21)24-11-10-20-8-5-4-6-9-20/h3H,1,4-11H2,2H3,(H,18,22,23)/p+1. The molecule has 24 heavy (non-hydrogen) atoms. The Balaban J connectivity index is 1.86. The van der Waals surface area contributed by atoms with Gasteiger partial charge in [0.15, 0.2) is 16.3 Å². The largest absolute Gasteiger partial charge is 0.334 e. The van der Waals surface area contributed by atoms with Gasteiger partial charge in [0.25, 0.3) is 5.56 Å². The molecule has 7 nitrogen and oxygen atoms in total. The van der Waals surface area contributed by atoms with Gasteiger partial charge >= 0.3 is 5.69 Å². The molecule has 0 spiro atoms. The van der Waals surface area contributed by atoms with Gasteiger partial charge in [0.2, 0.25) is 0 Å². The van der Waals surface area contributed by atoms with Gasteiger partial charge in [0.05, 0.1) is 25.4 Å². The first-order valence-electron chi connectivity index (χ1n) is 8.38. The first-order valence-corrected chi connectivity index (χ1v) is 9.37. The van der Waals surface area contributed by atoms with Crippen LogP contribution in [0.1, 0.15) is 19.3 Å². The molecule has 1 aliphatic heterocycles. The van der Waals surface area contributed by atoms with Gasteiger partial charge in [-0.2, -0.15) is 0 Å². The van der Waals surface area contributed by atoms with E-state index in [9.17, 15) is 9.59 Å². The number of hydrogen-bond donors (Lipinski definition) is 2. The fourth-order valence-corrected chi connectivity index (χ4v) is 4.26. The zero-order valence-corrected chi connectivity index (χ0v) is 14.8. The maximum atomic E-state index is 12.2. The average molecular weight is 350 g/mol. The molecule has 2 aromatic heterocycles. The fourth-order valence-electron chi connectivity index (χ4n) is 3.21. The van der Waals surface area contributed by atoms with Crippen molar-refractivity contribution in [2.75, 3.05) is 25.4 Å². The number of fused-ring (bicyclic) bond motifs is 1. The van der Waals surface area contributed by atoms with E-state index >= 15 is 0 Å². The Morgan fingerprint density at radius 3 is 2.79 bits per heavy atom. The summed E-state index contributed by atoms with van der Waals surface area (Å²) in [5, 5.41) is 0.771. The second-order valence-corrected chi connectivity index (χ2v) is 7.26. The van der Waals surface area contributed by atoms with Crippen LogP contribution in [-0.4, -0.2) is 44.5 Å². The van der Waals surface area contributed by atoms with Crippen LogP contribution < -0.4 is 16.1 Å². The van der Waals surface area contributed by atoms with E-state index in [0.29, 0.717) is 17.7 Å². The molecule has 0 amide bonds. The summed E-state index contributed by atoms with van der Waals surface area (Å²) in [6.07, 6.45) is 5.72. The number of nitrogens with zero attached hydrogens (tertiary/aromatic N) is 3. The number of aromatic nitrogens is 4. The monoisotopic (exact) mass is 350 g/mol. The van der Waals surface area contributed by atoms with E-state index in [1.807, 2.05) is 4.57 Å². The van der Waals surface area contributed by atoms with Gasteiger partial charge in [0, 0.05) is 13.6 Å². The molecular weight excluding hydrogens is 326 g/mol. The SMILES string of the molecule is C=CCn1c(SCC[NH+]2CCCCC2)nc2c1c(=O)[nH]c(=O)n2C. The van der Waals surface area contributed by atoms with E-state index in [2.05, 4.69) is 16.5 Å². The highest BCUT2D eigenvalue weighted by atomic mass is 32.2. The molecule has 2 N–H and O–H groups in total. The van der Waals surface area contributed by atoms with E-state index < -0.39 is 11.2 Å². The minimum absolute atomic E-state index is 0.393. The lowest BCUT2D eigenvalue weighted by molar-refractivity contribution is -0.902. The fraction of sp³-hybridized carbons (Fsp3) is 0.562. The molecular formula is C16H24N5O2S+. The lowest BCUT2D eigenvalue weighted by Crippen LogP contribution is -3.13. The molecule has 0 saturated carbocycles. The third-order valence-electron chi connectivity index (χ3n) is 4.53. The molecule has 0 radical (unpaired) electrons. The Morgan fingerprint density at radius 2 is 2.08 bits per heavy atom. The van der Waals surface area contributed by atoms with Crippen LogP contribution in [0.3, 0.4) is 0 Å². The minimum atomic E-state index is -0.440. The first-order chi connectivity index (χ1) is 11.6. The number of imidazole rings is 1. The second kappa shape index (κ2) is 7.40. The average Bonchev–Trinajstić information content (AvgIpc) is 2.93. The lowest BCUT2D eigenvalue weighted by Gasteiger charge is -2.23. The van der Waals surface area contributed by atoms with Gasteiger partial charge in [-0.3, -0.25) is 14.3 Å². The molecule has 1 saturated heterocycles. The number of H-pyrrole nitrogens is 1. The van der Waals surface area contributed by atoms with E-state index in [-0.39, 0.29) is 0 Å². The molecule has 1 fully saturated rings. The maximum absolute atomic E-state index is 12.2. The molecule has 0 unspecified atom stereocenters. The quantitative estimate of drug-likeness (QED) is 0.557. The van der Waals surface area contributed by atoms with Crippen molar-refractivity contribution in [2.24, 2.45) is 7.05 Å². The number of aryl methyl sites for hydroxylation is 1. The molecule has 0 bridgehead atoms. The van der Waals surface area contributed by atoms with Crippen LogP contribution in [0.5, 0.6) is 0 Å². The highest BCUT2D eigenvalue weighted by Gasteiger charge is 2.18. The van der Waals surface area contributed by atoms with E-state index in [0.717, 1.165) is 17.5 Å². The van der Waals surface area contributed by atoms with E-state index in [1.54, 1.807) is 29.8 Å². The Morgan fingerprint density at radius 1 is 1.33 bits per heavy atom. The van der Waals surface area contributed by atoms with Gasteiger partial charge < -0.3 is 9.47 Å². The number of rotatable bonds is 6. The van der Waals surface area contributed by atoms with Gasteiger partial charge in [-0.25, -0.2) is 9.78 Å². The topological polar surface area (TPSA) is 77.1 Å². The summed E-state index contributed by atoms with van der Waals surface area (Å²) in [6, 6.07) is 0. The van der Waals surface area contributed by atoms with Crippen LogP contribution in [-0.2, 0) is 13.6 Å². The third kappa shape index (κ3) is 3.34. The highest BCUT2D eigenvalue weighted by molar-refractivity contribution is 7.99. The molecule has 130 valence electrons. The third-order valence-corrected chi connectivity index (χ3v) is 5.51. The zero-order chi connectivity index (χ0) is 17.1. The molecule has 0 atom stereocenters. The number of allylic oxidation sites excluding steroid dienone is 1. The Labute approximate surface area is 144 Å². The molecule has 3 heterocycles. The molecule has 0 aromatic carbocycles. The Hall–Kier alpha value is -1.80. The number of nitrogens with one attached hydrogen (secondary N) is 2. The van der Waals surface area contributed by atoms with Crippen molar-refractivity contribution >= 4 is 22.9 Å². The summed E-state index contributed by atoms with van der Waals surface area (Å²) in [4.78, 5) is 32.5.